The van der Waals surface area contributed by atoms with Gasteiger partial charge in [-0.05, 0) is 24.1 Å². The molecule has 0 saturated carbocycles. The standard InChI is InChI=1S/C18H18N4O4/c23-11-7-22(8-11)17-12-3-4-19-18(24)16(12)20-15(21-17)6-10-1-2-13-14(5-10)26-9-25-13/h1-2,5,11,23H,3-4,6-9H2,(H,19,24). The molecule has 5 rings (SSSR count). The number of aliphatic hydroxyl groups excluding tert-OH is 1. The van der Waals surface area contributed by atoms with E-state index < -0.39 is 0 Å². The van der Waals surface area contributed by atoms with Gasteiger partial charge in [-0.3, -0.25) is 4.79 Å². The number of hydrogen-bond donors (Lipinski definition) is 2. The van der Waals surface area contributed by atoms with Crippen LogP contribution in [0.3, 0.4) is 0 Å². The predicted octanol–water partition coefficient (Wildman–Crippen LogP) is 0.263. The number of anilines is 1. The highest BCUT2D eigenvalue weighted by Crippen LogP contribution is 2.33. The van der Waals surface area contributed by atoms with Crippen LogP contribution in [0.4, 0.5) is 5.82 Å². The molecular formula is C18H18N4O4. The van der Waals surface area contributed by atoms with Gasteiger partial charge >= 0.3 is 0 Å². The average Bonchev–Trinajstić information content (AvgIpc) is 3.07. The zero-order valence-corrected chi connectivity index (χ0v) is 14.1. The van der Waals surface area contributed by atoms with Crippen LogP contribution >= 0.6 is 0 Å². The molecule has 0 spiro atoms. The van der Waals surface area contributed by atoms with Gasteiger partial charge < -0.3 is 24.8 Å². The Morgan fingerprint density at radius 1 is 1.23 bits per heavy atom. The van der Waals surface area contributed by atoms with Crippen LogP contribution in [0.5, 0.6) is 11.5 Å². The Labute approximate surface area is 149 Å². The number of aromatic nitrogens is 2. The number of ether oxygens (including phenoxy) is 2. The Balaban J connectivity index is 1.51. The number of amides is 1. The molecule has 2 aromatic rings. The lowest BCUT2D eigenvalue weighted by Crippen LogP contribution is -2.52. The van der Waals surface area contributed by atoms with E-state index in [-0.39, 0.29) is 18.8 Å². The van der Waals surface area contributed by atoms with Gasteiger partial charge in [0.25, 0.3) is 5.91 Å². The molecular weight excluding hydrogens is 336 g/mol. The summed E-state index contributed by atoms with van der Waals surface area (Å²) in [5.41, 5.74) is 2.30. The maximum absolute atomic E-state index is 12.3. The van der Waals surface area contributed by atoms with Gasteiger partial charge in [-0.25, -0.2) is 9.97 Å². The smallest absolute Gasteiger partial charge is 0.270 e. The minimum atomic E-state index is -0.338. The van der Waals surface area contributed by atoms with E-state index in [2.05, 4.69) is 10.3 Å². The highest BCUT2D eigenvalue weighted by molar-refractivity contribution is 5.96. The Morgan fingerprint density at radius 2 is 2.08 bits per heavy atom. The highest BCUT2D eigenvalue weighted by Gasteiger charge is 2.32. The van der Waals surface area contributed by atoms with E-state index in [1.54, 1.807) is 0 Å². The van der Waals surface area contributed by atoms with Gasteiger partial charge in [0.05, 0.1) is 6.10 Å². The Kier molecular flexibility index (Phi) is 3.46. The van der Waals surface area contributed by atoms with Crippen molar-refractivity contribution in [3.05, 3.63) is 40.8 Å². The van der Waals surface area contributed by atoms with Crippen molar-refractivity contribution in [2.24, 2.45) is 0 Å². The summed E-state index contributed by atoms with van der Waals surface area (Å²) in [5, 5.41) is 12.5. The lowest BCUT2D eigenvalue weighted by atomic mass is 10.0. The lowest BCUT2D eigenvalue weighted by Gasteiger charge is -2.38. The van der Waals surface area contributed by atoms with Gasteiger partial charge in [0, 0.05) is 31.6 Å². The summed E-state index contributed by atoms with van der Waals surface area (Å²) in [6.45, 7) is 1.89. The topological polar surface area (TPSA) is 96.8 Å². The van der Waals surface area contributed by atoms with Crippen LogP contribution in [-0.2, 0) is 12.8 Å². The van der Waals surface area contributed by atoms with Gasteiger partial charge in [0.1, 0.15) is 17.3 Å². The summed E-state index contributed by atoms with van der Waals surface area (Å²) < 4.78 is 10.8. The normalized spacial score (nSPS) is 18.3. The number of aliphatic hydroxyl groups is 1. The van der Waals surface area contributed by atoms with Crippen LogP contribution < -0.4 is 19.7 Å². The van der Waals surface area contributed by atoms with Gasteiger partial charge in [0.15, 0.2) is 11.5 Å². The second kappa shape index (κ2) is 5.84. The zero-order chi connectivity index (χ0) is 17.7. The second-order valence-electron chi connectivity index (χ2n) is 6.72. The van der Waals surface area contributed by atoms with Crippen LogP contribution in [0.2, 0.25) is 0 Å². The molecule has 1 aromatic heterocycles. The van der Waals surface area contributed by atoms with Crippen molar-refractivity contribution in [1.82, 2.24) is 15.3 Å². The summed E-state index contributed by atoms with van der Waals surface area (Å²) in [6.07, 6.45) is 0.851. The molecule has 0 radical (unpaired) electrons. The van der Waals surface area contributed by atoms with Crippen LogP contribution in [0, 0.1) is 0 Å². The fraction of sp³-hybridized carbons (Fsp3) is 0.389. The SMILES string of the molecule is O=C1NCCc2c1nc(Cc1ccc3c(c1)OCO3)nc2N1CC(O)C1. The first-order valence-electron chi connectivity index (χ1n) is 8.67. The minimum absolute atomic E-state index is 0.164. The van der Waals surface area contributed by atoms with Crippen LogP contribution in [-0.4, -0.2) is 53.5 Å². The molecule has 8 nitrogen and oxygen atoms in total. The summed E-state index contributed by atoms with van der Waals surface area (Å²) in [6, 6.07) is 5.73. The van der Waals surface area contributed by atoms with E-state index in [9.17, 15) is 9.90 Å². The molecule has 3 aliphatic heterocycles. The number of carbonyl (C=O) groups excluding carboxylic acids is 1. The summed E-state index contributed by atoms with van der Waals surface area (Å²) in [5.74, 6) is 2.63. The molecule has 0 bridgehead atoms. The number of benzene rings is 1. The number of nitrogens with zero attached hydrogens (tertiary/aromatic N) is 3. The molecule has 8 heteroatoms. The highest BCUT2D eigenvalue weighted by atomic mass is 16.7. The minimum Gasteiger partial charge on any atom is -0.454 e. The Hall–Kier alpha value is -2.87. The Morgan fingerprint density at radius 3 is 2.92 bits per heavy atom. The molecule has 1 amide bonds. The number of β-amino-alcohol motifs (C(OH)–C–C–N with tert-alkyl or cyclic N) is 1. The fourth-order valence-electron chi connectivity index (χ4n) is 3.52. The van der Waals surface area contributed by atoms with E-state index in [0.29, 0.717) is 49.7 Å². The third-order valence-corrected chi connectivity index (χ3v) is 4.87. The summed E-state index contributed by atoms with van der Waals surface area (Å²) in [4.78, 5) is 23.5. The molecule has 3 aliphatic rings. The van der Waals surface area contributed by atoms with Crippen molar-refractivity contribution < 1.29 is 19.4 Å². The van der Waals surface area contributed by atoms with Gasteiger partial charge in [-0.2, -0.15) is 0 Å². The monoisotopic (exact) mass is 354 g/mol. The maximum atomic E-state index is 12.3. The largest absolute Gasteiger partial charge is 0.454 e. The Bertz CT molecular complexity index is 895. The second-order valence-corrected chi connectivity index (χ2v) is 6.72. The quantitative estimate of drug-likeness (QED) is 0.816. The molecule has 0 atom stereocenters. The number of carbonyl (C=O) groups is 1. The first-order chi connectivity index (χ1) is 12.7. The first kappa shape index (κ1) is 15.4. The first-order valence-corrected chi connectivity index (χ1v) is 8.67. The van der Waals surface area contributed by atoms with E-state index in [0.717, 1.165) is 22.7 Å². The van der Waals surface area contributed by atoms with Crippen molar-refractivity contribution in [2.75, 3.05) is 31.3 Å². The molecule has 4 heterocycles. The van der Waals surface area contributed by atoms with Crippen molar-refractivity contribution in [2.45, 2.75) is 18.9 Å². The van der Waals surface area contributed by atoms with Crippen molar-refractivity contribution in [3.63, 3.8) is 0 Å². The van der Waals surface area contributed by atoms with Crippen LogP contribution in [0.1, 0.15) is 27.4 Å². The predicted molar refractivity (Wildman–Crippen MR) is 91.7 cm³/mol. The molecule has 0 aliphatic carbocycles. The maximum Gasteiger partial charge on any atom is 0.270 e. The van der Waals surface area contributed by atoms with E-state index in [4.69, 9.17) is 14.5 Å². The van der Waals surface area contributed by atoms with E-state index in [1.807, 2.05) is 23.1 Å². The number of fused-ring (bicyclic) bond motifs is 2. The number of rotatable bonds is 3. The number of hydrogen-bond acceptors (Lipinski definition) is 7. The molecule has 1 saturated heterocycles. The van der Waals surface area contributed by atoms with Crippen LogP contribution in [0.25, 0.3) is 0 Å². The van der Waals surface area contributed by atoms with Crippen molar-refractivity contribution in [3.8, 4) is 11.5 Å². The van der Waals surface area contributed by atoms with Crippen molar-refractivity contribution >= 4 is 11.7 Å². The molecule has 1 fully saturated rings. The van der Waals surface area contributed by atoms with Gasteiger partial charge in [0.2, 0.25) is 6.79 Å². The lowest BCUT2D eigenvalue weighted by molar-refractivity contribution is 0.0939. The molecule has 2 N–H and O–H groups in total. The van der Waals surface area contributed by atoms with Gasteiger partial charge in [-0.1, -0.05) is 6.07 Å². The molecule has 134 valence electrons. The fourth-order valence-corrected chi connectivity index (χ4v) is 3.52. The van der Waals surface area contributed by atoms with E-state index in [1.165, 1.54) is 0 Å². The molecule has 26 heavy (non-hydrogen) atoms. The van der Waals surface area contributed by atoms with Crippen molar-refractivity contribution in [1.29, 1.82) is 0 Å². The zero-order valence-electron chi connectivity index (χ0n) is 14.1. The summed E-state index contributed by atoms with van der Waals surface area (Å²) >= 11 is 0. The molecule has 1 aromatic carbocycles. The summed E-state index contributed by atoms with van der Waals surface area (Å²) in [7, 11) is 0. The average molecular weight is 354 g/mol. The third-order valence-electron chi connectivity index (χ3n) is 4.87. The molecule has 0 unspecified atom stereocenters. The van der Waals surface area contributed by atoms with E-state index >= 15 is 0 Å². The number of nitrogens with one attached hydrogen (secondary N) is 1. The van der Waals surface area contributed by atoms with Crippen LogP contribution in [0.15, 0.2) is 18.2 Å². The third kappa shape index (κ3) is 2.53. The van der Waals surface area contributed by atoms with Gasteiger partial charge in [-0.15, -0.1) is 0 Å².